The largest absolute Gasteiger partial charge is 0.395 e. The number of carbonyl (C=O) groups excluding carboxylic acids is 2. The van der Waals surface area contributed by atoms with Crippen molar-refractivity contribution in [3.8, 4) is 0 Å². The number of carbonyl (C=O) groups is 2. The van der Waals surface area contributed by atoms with Crippen molar-refractivity contribution in [3.05, 3.63) is 64.7 Å². The number of hydrogen-bond acceptors (Lipinski definition) is 8. The summed E-state index contributed by atoms with van der Waals surface area (Å²) in [5, 5.41) is 17.8. The molecule has 1 atom stereocenters. The van der Waals surface area contributed by atoms with E-state index >= 15 is 0 Å². The molecule has 1 aromatic carbocycles. The third-order valence-corrected chi connectivity index (χ3v) is 4.64. The van der Waals surface area contributed by atoms with Gasteiger partial charge in [-0.05, 0) is 69.8 Å². The second kappa shape index (κ2) is 19.2. The number of methoxy groups -OCH3 is 1. The molecular formula is C27H40FN3O5. The van der Waals surface area contributed by atoms with Crippen molar-refractivity contribution in [1.82, 2.24) is 9.88 Å². The van der Waals surface area contributed by atoms with Crippen LogP contribution < -0.4 is 4.90 Å². The fraction of sp³-hybridized carbons (Fsp3) is 0.444. The van der Waals surface area contributed by atoms with E-state index in [1.165, 1.54) is 18.2 Å². The van der Waals surface area contributed by atoms with Crippen LogP contribution in [0.15, 0.2) is 42.1 Å². The van der Waals surface area contributed by atoms with Crippen molar-refractivity contribution in [3.63, 3.8) is 0 Å². The van der Waals surface area contributed by atoms with Gasteiger partial charge in [0.05, 0.1) is 29.7 Å². The number of ether oxygens (including phenoxy) is 1. The molecule has 9 heteroatoms. The van der Waals surface area contributed by atoms with Gasteiger partial charge in [-0.3, -0.25) is 14.6 Å². The van der Waals surface area contributed by atoms with E-state index in [2.05, 4.69) is 9.72 Å². The molecule has 0 saturated carbocycles. The van der Waals surface area contributed by atoms with Gasteiger partial charge in [0.2, 0.25) is 0 Å². The van der Waals surface area contributed by atoms with Crippen molar-refractivity contribution in [2.75, 3.05) is 59.5 Å². The second-order valence-corrected chi connectivity index (χ2v) is 8.26. The monoisotopic (exact) mass is 505 g/mol. The number of anilines is 1. The average Bonchev–Trinajstić information content (AvgIpc) is 2.84. The maximum absolute atomic E-state index is 13.1. The summed E-state index contributed by atoms with van der Waals surface area (Å²) in [6.07, 6.45) is 4.01. The standard InChI is InChI=1S/C20H21FN2O3.C4H11NO.C3H8O/c1-14(26)11-23(2)20-9-16(7-15-3-5-18(21)6-4-15)10-22-19(20)8-17(12-24)13-25;1-5(2)3-4-6;1-3-4-2/h3-6,8-10,12-14,26H,7,11H2,1-2H3;6H,3-4H2,1-2H3;3H2,1-2H3. The summed E-state index contributed by atoms with van der Waals surface area (Å²) in [6, 6.07) is 8.11. The van der Waals surface area contributed by atoms with Gasteiger partial charge in [0.15, 0.2) is 12.6 Å². The van der Waals surface area contributed by atoms with Crippen LogP contribution in [0.3, 0.4) is 0 Å². The van der Waals surface area contributed by atoms with Gasteiger partial charge in [-0.2, -0.15) is 0 Å². The zero-order chi connectivity index (χ0) is 27.5. The van der Waals surface area contributed by atoms with E-state index < -0.39 is 6.10 Å². The first-order valence-electron chi connectivity index (χ1n) is 11.6. The Kier molecular flexibility index (Phi) is 17.6. The van der Waals surface area contributed by atoms with Crippen molar-refractivity contribution in [2.24, 2.45) is 0 Å². The zero-order valence-electron chi connectivity index (χ0n) is 22.1. The first kappa shape index (κ1) is 33.0. The normalized spacial score (nSPS) is 10.8. The van der Waals surface area contributed by atoms with Crippen LogP contribution >= 0.6 is 0 Å². The van der Waals surface area contributed by atoms with Gasteiger partial charge in [-0.1, -0.05) is 12.1 Å². The smallest absolute Gasteiger partial charge is 0.153 e. The van der Waals surface area contributed by atoms with E-state index in [-0.39, 0.29) is 18.0 Å². The Labute approximate surface area is 214 Å². The predicted octanol–water partition coefficient (Wildman–Crippen LogP) is 2.60. The molecule has 1 aromatic heterocycles. The number of rotatable bonds is 11. The molecule has 2 rings (SSSR count). The third kappa shape index (κ3) is 14.4. The minimum absolute atomic E-state index is 0.0181. The molecule has 8 nitrogen and oxygen atoms in total. The van der Waals surface area contributed by atoms with Crippen molar-refractivity contribution in [1.29, 1.82) is 0 Å². The highest BCUT2D eigenvalue weighted by Crippen LogP contribution is 2.23. The van der Waals surface area contributed by atoms with Crippen LogP contribution in [0.25, 0.3) is 6.08 Å². The van der Waals surface area contributed by atoms with Crippen LogP contribution in [-0.4, -0.2) is 93.3 Å². The molecule has 0 amide bonds. The first-order valence-corrected chi connectivity index (χ1v) is 11.6. The van der Waals surface area contributed by atoms with Crippen LogP contribution in [0.4, 0.5) is 10.1 Å². The SMILES string of the molecule is CC(O)CN(C)c1cc(Cc2ccc(F)cc2)cnc1C=C(C=O)C=O.CCOC.CN(C)CCO. The van der Waals surface area contributed by atoms with Crippen molar-refractivity contribution in [2.45, 2.75) is 26.4 Å². The van der Waals surface area contributed by atoms with Crippen LogP contribution in [0.1, 0.15) is 30.7 Å². The molecule has 0 aliphatic rings. The molecule has 1 unspecified atom stereocenters. The molecule has 0 bridgehead atoms. The molecule has 200 valence electrons. The summed E-state index contributed by atoms with van der Waals surface area (Å²) in [5.74, 6) is -0.292. The summed E-state index contributed by atoms with van der Waals surface area (Å²) in [5.41, 5.74) is 2.95. The lowest BCUT2D eigenvalue weighted by molar-refractivity contribution is -0.109. The van der Waals surface area contributed by atoms with Crippen LogP contribution in [0.2, 0.25) is 0 Å². The third-order valence-electron chi connectivity index (χ3n) is 4.64. The van der Waals surface area contributed by atoms with Crippen LogP contribution in [0, 0.1) is 5.82 Å². The number of aromatic nitrogens is 1. The minimum Gasteiger partial charge on any atom is -0.395 e. The average molecular weight is 506 g/mol. The lowest BCUT2D eigenvalue weighted by atomic mass is 10.0. The van der Waals surface area contributed by atoms with E-state index in [4.69, 9.17) is 5.11 Å². The Hall–Kier alpha value is -2.98. The van der Waals surface area contributed by atoms with Crippen molar-refractivity contribution < 1.29 is 28.9 Å². The number of pyridine rings is 1. The van der Waals surface area contributed by atoms with Crippen LogP contribution in [-0.2, 0) is 20.7 Å². The highest BCUT2D eigenvalue weighted by molar-refractivity contribution is 6.04. The number of hydrogen-bond donors (Lipinski definition) is 2. The molecular weight excluding hydrogens is 465 g/mol. The Bertz CT molecular complexity index is 906. The highest BCUT2D eigenvalue weighted by Gasteiger charge is 2.12. The molecule has 0 radical (unpaired) electrons. The fourth-order valence-corrected chi connectivity index (χ4v) is 2.81. The number of nitrogens with zero attached hydrogens (tertiary/aromatic N) is 3. The summed E-state index contributed by atoms with van der Waals surface area (Å²) in [4.78, 5) is 30.0. The lowest BCUT2D eigenvalue weighted by Crippen LogP contribution is -2.27. The lowest BCUT2D eigenvalue weighted by Gasteiger charge is -2.23. The topological polar surface area (TPSA) is 103 Å². The fourth-order valence-electron chi connectivity index (χ4n) is 2.81. The van der Waals surface area contributed by atoms with Gasteiger partial charge in [-0.25, -0.2) is 4.39 Å². The minimum atomic E-state index is -0.561. The molecule has 1 heterocycles. The molecule has 36 heavy (non-hydrogen) atoms. The Morgan fingerprint density at radius 3 is 2.14 bits per heavy atom. The summed E-state index contributed by atoms with van der Waals surface area (Å²) < 4.78 is 17.6. The van der Waals surface area contributed by atoms with E-state index in [0.29, 0.717) is 36.9 Å². The number of aliphatic hydroxyl groups excluding tert-OH is 2. The number of aldehydes is 2. The highest BCUT2D eigenvalue weighted by atomic mass is 19.1. The van der Waals surface area contributed by atoms with E-state index in [0.717, 1.165) is 24.3 Å². The predicted molar refractivity (Wildman–Crippen MR) is 142 cm³/mol. The van der Waals surface area contributed by atoms with E-state index in [1.54, 1.807) is 39.4 Å². The number of benzene rings is 1. The summed E-state index contributed by atoms with van der Waals surface area (Å²) >= 11 is 0. The quantitative estimate of drug-likeness (QED) is 0.208. The Morgan fingerprint density at radius 2 is 1.72 bits per heavy atom. The molecule has 0 aliphatic carbocycles. The number of allylic oxidation sites excluding steroid dienone is 1. The molecule has 2 aromatic rings. The van der Waals surface area contributed by atoms with Crippen molar-refractivity contribution >= 4 is 24.3 Å². The molecule has 0 fully saturated rings. The zero-order valence-corrected chi connectivity index (χ0v) is 22.1. The first-order chi connectivity index (χ1) is 17.1. The summed E-state index contributed by atoms with van der Waals surface area (Å²) in [6.45, 7) is 5.83. The van der Waals surface area contributed by atoms with E-state index in [9.17, 15) is 19.1 Å². The van der Waals surface area contributed by atoms with Gasteiger partial charge in [0.25, 0.3) is 0 Å². The van der Waals surface area contributed by atoms with Gasteiger partial charge in [0.1, 0.15) is 5.82 Å². The van der Waals surface area contributed by atoms with Crippen LogP contribution in [0.5, 0.6) is 0 Å². The number of halogens is 1. The van der Waals surface area contributed by atoms with Gasteiger partial charge in [0, 0.05) is 40.1 Å². The Morgan fingerprint density at radius 1 is 1.14 bits per heavy atom. The van der Waals surface area contributed by atoms with Gasteiger partial charge < -0.3 is 24.7 Å². The number of aliphatic hydroxyl groups is 2. The molecule has 0 spiro atoms. The second-order valence-electron chi connectivity index (χ2n) is 8.26. The maximum Gasteiger partial charge on any atom is 0.153 e. The number of likely N-dealkylation sites (N-methyl/N-ethyl adjacent to an activating group) is 2. The van der Waals surface area contributed by atoms with Gasteiger partial charge in [-0.15, -0.1) is 0 Å². The van der Waals surface area contributed by atoms with Gasteiger partial charge >= 0.3 is 0 Å². The maximum atomic E-state index is 13.1. The molecule has 0 aliphatic heterocycles. The van der Waals surface area contributed by atoms with E-state index in [1.807, 2.05) is 36.9 Å². The molecule has 0 saturated heterocycles. The summed E-state index contributed by atoms with van der Waals surface area (Å²) in [7, 11) is 7.33. The Balaban J connectivity index is 0.00000104. The molecule has 2 N–H and O–H groups in total.